The number of hydrogen-bond acceptors (Lipinski definition) is 11. The van der Waals surface area contributed by atoms with Crippen LogP contribution >= 0.6 is 11.6 Å². The maximum atomic E-state index is 13.5. The Balaban J connectivity index is 0.00000308. The predicted molar refractivity (Wildman–Crippen MR) is 151 cm³/mol. The Kier molecular flexibility index (Phi) is 12.4. The standard InChI is InChI=1S/C21H15ClFN5O9S3.K.Na/c1-10-19(22)20(26-21(23)24-10)25-11-2-4-12(5-3-11)27-28-13-6-15-16(17(7-13)39(32,33)34)8-14(38(29,30)31)9-18(15)40(35,36)37;;/h2-9H,1H3,(H,24,25,26)(H,29,30,31)(H,32,33,34)(H,35,36,37);;. The molecule has 42 heavy (non-hydrogen) atoms. The van der Waals surface area contributed by atoms with E-state index in [4.69, 9.17) is 11.6 Å². The Morgan fingerprint density at radius 3 is 1.86 bits per heavy atom. The van der Waals surface area contributed by atoms with Crippen molar-refractivity contribution in [3.05, 3.63) is 65.3 Å². The number of nitrogens with zero attached hydrogens (tertiary/aromatic N) is 4. The number of aryl methyl sites for hydroxylation is 1. The van der Waals surface area contributed by atoms with Crippen LogP contribution in [0.1, 0.15) is 5.69 Å². The Morgan fingerprint density at radius 1 is 0.786 bits per heavy atom. The minimum atomic E-state index is -5.17. The van der Waals surface area contributed by atoms with E-state index in [1.807, 2.05) is 0 Å². The van der Waals surface area contributed by atoms with Gasteiger partial charge in [-0.25, -0.2) is 4.98 Å². The maximum absolute atomic E-state index is 13.5. The summed E-state index contributed by atoms with van der Waals surface area (Å²) in [5.41, 5.74) is 0.524. The molecule has 21 heteroatoms. The van der Waals surface area contributed by atoms with E-state index in [9.17, 15) is 43.3 Å². The zero-order chi connectivity index (χ0) is 29.6. The van der Waals surface area contributed by atoms with Crippen molar-refractivity contribution >= 4 is 157 Å². The average molecular weight is 694 g/mol. The van der Waals surface area contributed by atoms with Crippen LogP contribution in [0.25, 0.3) is 10.8 Å². The van der Waals surface area contributed by atoms with Gasteiger partial charge in [0.2, 0.25) is 0 Å². The van der Waals surface area contributed by atoms with E-state index in [-0.39, 0.29) is 109 Å². The van der Waals surface area contributed by atoms with Crippen molar-refractivity contribution in [3.63, 3.8) is 0 Å². The Morgan fingerprint density at radius 2 is 1.31 bits per heavy atom. The van der Waals surface area contributed by atoms with Gasteiger partial charge < -0.3 is 5.32 Å². The van der Waals surface area contributed by atoms with Crippen LogP contribution < -0.4 is 5.32 Å². The Labute approximate surface area is 308 Å². The zero-order valence-corrected chi connectivity index (χ0v) is 30.0. The molecule has 14 nitrogen and oxygen atoms in total. The normalized spacial score (nSPS) is 12.1. The number of halogens is 2. The summed E-state index contributed by atoms with van der Waals surface area (Å²) in [4.78, 5) is 3.98. The number of benzene rings is 3. The van der Waals surface area contributed by atoms with Gasteiger partial charge in [0.1, 0.15) is 14.8 Å². The minimum absolute atomic E-state index is 0. The second-order valence-electron chi connectivity index (χ2n) is 8.00. The van der Waals surface area contributed by atoms with E-state index in [0.29, 0.717) is 17.8 Å². The second kappa shape index (κ2) is 14.0. The van der Waals surface area contributed by atoms with Gasteiger partial charge in [-0.15, -0.1) is 0 Å². The van der Waals surface area contributed by atoms with E-state index in [0.717, 1.165) is 12.1 Å². The summed E-state index contributed by atoms with van der Waals surface area (Å²) in [7, 11) is -15.3. The number of fused-ring (bicyclic) bond motifs is 1. The molecule has 0 bridgehead atoms. The number of anilines is 2. The molecule has 0 fully saturated rings. The van der Waals surface area contributed by atoms with Crippen LogP contribution in [0.2, 0.25) is 5.02 Å². The summed E-state index contributed by atoms with van der Waals surface area (Å²) in [6, 6.07) is 8.63. The van der Waals surface area contributed by atoms with Crippen molar-refractivity contribution in [1.29, 1.82) is 0 Å². The molecule has 4 rings (SSSR count). The molecule has 0 aliphatic rings. The van der Waals surface area contributed by atoms with Crippen LogP contribution in [0.3, 0.4) is 0 Å². The van der Waals surface area contributed by atoms with Gasteiger partial charge in [-0.2, -0.15) is 44.9 Å². The molecule has 0 aliphatic heterocycles. The van der Waals surface area contributed by atoms with Crippen LogP contribution in [0, 0.1) is 13.0 Å². The van der Waals surface area contributed by atoms with E-state index >= 15 is 0 Å². The SMILES string of the molecule is Cc1nc(F)nc(Nc2ccc(N=Nc3cc(S(=O)(=O)O)c4cc(S(=O)(=O)O)cc(S(=O)(=O)O)c4c3)cc2)c1Cl.[K].[Na]. The molecule has 0 amide bonds. The smallest absolute Gasteiger partial charge is 0.310 e. The maximum Gasteiger partial charge on any atom is 0.310 e. The quantitative estimate of drug-likeness (QED) is 0.0936. The third kappa shape index (κ3) is 8.79. The van der Waals surface area contributed by atoms with Crippen molar-refractivity contribution < 1.29 is 43.3 Å². The van der Waals surface area contributed by atoms with Crippen molar-refractivity contribution in [2.75, 3.05) is 5.32 Å². The van der Waals surface area contributed by atoms with Gasteiger partial charge in [-0.05, 0) is 55.5 Å². The zero-order valence-electron chi connectivity index (χ0n) is 21.7. The Hall–Kier alpha value is -1.01. The molecule has 0 spiro atoms. The summed E-state index contributed by atoms with van der Waals surface area (Å²) in [5.74, 6) is 0.0155. The molecule has 0 saturated heterocycles. The summed E-state index contributed by atoms with van der Waals surface area (Å²) in [6.07, 6.45) is -0.985. The fourth-order valence-electron chi connectivity index (χ4n) is 3.46. The van der Waals surface area contributed by atoms with Gasteiger partial charge in [-0.1, -0.05) is 11.6 Å². The molecule has 2 radical (unpaired) electrons. The van der Waals surface area contributed by atoms with Crippen LogP contribution in [-0.2, 0) is 30.4 Å². The van der Waals surface area contributed by atoms with Crippen molar-refractivity contribution in [1.82, 2.24) is 9.97 Å². The monoisotopic (exact) mass is 693 g/mol. The van der Waals surface area contributed by atoms with Crippen molar-refractivity contribution in [3.8, 4) is 0 Å². The molecule has 3 aromatic carbocycles. The van der Waals surface area contributed by atoms with Crippen molar-refractivity contribution in [2.24, 2.45) is 10.2 Å². The van der Waals surface area contributed by atoms with Crippen LogP contribution in [-0.4, -0.2) is 130 Å². The number of nitrogens with one attached hydrogen (secondary N) is 1. The first-order valence-electron chi connectivity index (χ1n) is 10.5. The van der Waals surface area contributed by atoms with Gasteiger partial charge in [0.05, 0.1) is 22.0 Å². The van der Waals surface area contributed by atoms with Crippen LogP contribution in [0.15, 0.2) is 73.4 Å². The van der Waals surface area contributed by atoms with E-state index in [1.54, 1.807) is 0 Å². The number of hydrogen-bond donors (Lipinski definition) is 4. The van der Waals surface area contributed by atoms with E-state index < -0.39 is 61.9 Å². The van der Waals surface area contributed by atoms with Gasteiger partial charge in [0.25, 0.3) is 30.4 Å². The predicted octanol–water partition coefficient (Wildman–Crippen LogP) is 3.87. The van der Waals surface area contributed by atoms with E-state index in [2.05, 4.69) is 25.5 Å². The molecule has 0 atom stereocenters. The Bertz CT molecular complexity index is 2050. The minimum Gasteiger partial charge on any atom is -0.339 e. The topological polar surface area (TPSA) is 226 Å². The first-order chi connectivity index (χ1) is 18.4. The molecule has 1 aromatic heterocycles. The van der Waals surface area contributed by atoms with Gasteiger partial charge in [0, 0.05) is 97.4 Å². The van der Waals surface area contributed by atoms with E-state index in [1.165, 1.54) is 31.2 Å². The average Bonchev–Trinajstić information content (AvgIpc) is 2.83. The molecule has 0 unspecified atom stereocenters. The van der Waals surface area contributed by atoms with Gasteiger partial charge in [-0.3, -0.25) is 13.7 Å². The number of rotatable bonds is 7. The van der Waals surface area contributed by atoms with Crippen molar-refractivity contribution in [2.45, 2.75) is 21.6 Å². The number of azo groups is 1. The number of aromatic nitrogens is 2. The molecule has 4 N–H and O–H groups in total. The first kappa shape index (κ1) is 37.2. The molecule has 212 valence electrons. The van der Waals surface area contributed by atoms with Crippen LogP contribution in [0.5, 0.6) is 0 Å². The molecule has 4 aromatic rings. The van der Waals surface area contributed by atoms with Crippen LogP contribution in [0.4, 0.5) is 27.3 Å². The molecule has 0 aliphatic carbocycles. The molecule has 1 heterocycles. The molecular weight excluding hydrogens is 679 g/mol. The van der Waals surface area contributed by atoms with Gasteiger partial charge >= 0.3 is 6.08 Å². The fraction of sp³-hybridized carbons (Fsp3) is 0.0476. The first-order valence-corrected chi connectivity index (χ1v) is 15.2. The fourth-order valence-corrected chi connectivity index (χ4v) is 5.64. The van der Waals surface area contributed by atoms with Gasteiger partial charge in [0.15, 0.2) is 5.82 Å². The summed E-state index contributed by atoms with van der Waals surface area (Å²) in [6.45, 7) is 1.49. The summed E-state index contributed by atoms with van der Waals surface area (Å²) >= 11 is 6.08. The second-order valence-corrected chi connectivity index (χ2v) is 12.6. The molecular formula is C21H15ClFKN5NaO9S3. The largest absolute Gasteiger partial charge is 0.339 e. The third-order valence-corrected chi connectivity index (χ3v) is 8.28. The summed E-state index contributed by atoms with van der Waals surface area (Å²) < 4.78 is 114. The molecule has 0 saturated carbocycles. The third-order valence-electron chi connectivity index (χ3n) is 5.21. The summed E-state index contributed by atoms with van der Waals surface area (Å²) in [5, 5.41) is 9.47.